The first-order valence-corrected chi connectivity index (χ1v) is 5.53. The average Bonchev–Trinajstić information content (AvgIpc) is 2.29. The standard InChI is InChI=1S/C12H17N3O3/c1-12(2,3)18-11(17)15(4)9(8-16)10-13-6-5-7-14-10/h5-9H,1-4H3. The van der Waals surface area contributed by atoms with E-state index < -0.39 is 17.7 Å². The molecule has 1 rings (SSSR count). The fourth-order valence-electron chi connectivity index (χ4n) is 1.24. The van der Waals surface area contributed by atoms with Crippen LogP contribution in [0.3, 0.4) is 0 Å². The second kappa shape index (κ2) is 5.57. The minimum absolute atomic E-state index is 0.265. The maximum Gasteiger partial charge on any atom is 0.411 e. The molecular formula is C12H17N3O3. The zero-order valence-electron chi connectivity index (χ0n) is 11.0. The summed E-state index contributed by atoms with van der Waals surface area (Å²) in [4.78, 5) is 32.0. The maximum absolute atomic E-state index is 11.8. The number of amides is 1. The average molecular weight is 251 g/mol. The number of nitrogens with zero attached hydrogens (tertiary/aromatic N) is 3. The van der Waals surface area contributed by atoms with Crippen LogP contribution in [0.4, 0.5) is 4.79 Å². The minimum Gasteiger partial charge on any atom is -0.444 e. The Balaban J connectivity index is 2.84. The molecule has 0 bridgehead atoms. The third-order valence-corrected chi connectivity index (χ3v) is 2.08. The number of rotatable bonds is 3. The van der Waals surface area contributed by atoms with E-state index in [1.807, 2.05) is 0 Å². The van der Waals surface area contributed by atoms with Crippen molar-refractivity contribution >= 4 is 12.4 Å². The molecule has 0 aliphatic heterocycles. The summed E-state index contributed by atoms with van der Waals surface area (Å²) in [6.07, 6.45) is 3.05. The van der Waals surface area contributed by atoms with E-state index in [1.165, 1.54) is 24.3 Å². The molecule has 1 aromatic heterocycles. The van der Waals surface area contributed by atoms with Gasteiger partial charge in [-0.3, -0.25) is 4.90 Å². The van der Waals surface area contributed by atoms with Crippen molar-refractivity contribution in [3.8, 4) is 0 Å². The Hall–Kier alpha value is -1.98. The van der Waals surface area contributed by atoms with E-state index in [-0.39, 0.29) is 5.82 Å². The Bertz CT molecular complexity index is 414. The molecule has 0 aromatic carbocycles. The second-order valence-electron chi connectivity index (χ2n) is 4.78. The van der Waals surface area contributed by atoms with Gasteiger partial charge in [0.05, 0.1) is 0 Å². The summed E-state index contributed by atoms with van der Waals surface area (Å²) in [6, 6.07) is 0.791. The van der Waals surface area contributed by atoms with E-state index in [1.54, 1.807) is 26.8 Å². The van der Waals surface area contributed by atoms with Gasteiger partial charge >= 0.3 is 6.09 Å². The molecule has 0 aliphatic rings. The van der Waals surface area contributed by atoms with Gasteiger partial charge in [-0.05, 0) is 26.8 Å². The molecule has 0 aliphatic carbocycles. The predicted molar refractivity (Wildman–Crippen MR) is 64.8 cm³/mol. The molecule has 0 spiro atoms. The lowest BCUT2D eigenvalue weighted by Gasteiger charge is -2.27. The van der Waals surface area contributed by atoms with E-state index in [0.29, 0.717) is 6.29 Å². The summed E-state index contributed by atoms with van der Waals surface area (Å²) < 4.78 is 5.18. The highest BCUT2D eigenvalue weighted by atomic mass is 16.6. The van der Waals surface area contributed by atoms with E-state index in [4.69, 9.17) is 4.74 Å². The van der Waals surface area contributed by atoms with E-state index in [0.717, 1.165) is 0 Å². The third kappa shape index (κ3) is 3.80. The van der Waals surface area contributed by atoms with Gasteiger partial charge in [-0.25, -0.2) is 14.8 Å². The fraction of sp³-hybridized carbons (Fsp3) is 0.500. The van der Waals surface area contributed by atoms with Gasteiger partial charge in [0.2, 0.25) is 0 Å². The van der Waals surface area contributed by atoms with Gasteiger partial charge in [-0.2, -0.15) is 0 Å². The summed E-state index contributed by atoms with van der Waals surface area (Å²) in [7, 11) is 1.48. The molecular weight excluding hydrogens is 234 g/mol. The number of aldehydes is 1. The number of hydrogen-bond donors (Lipinski definition) is 0. The molecule has 1 amide bonds. The van der Waals surface area contributed by atoms with E-state index in [2.05, 4.69) is 9.97 Å². The lowest BCUT2D eigenvalue weighted by atomic mass is 10.2. The van der Waals surface area contributed by atoms with Crippen LogP contribution in [0.2, 0.25) is 0 Å². The highest BCUT2D eigenvalue weighted by molar-refractivity contribution is 5.73. The van der Waals surface area contributed by atoms with Crippen LogP contribution in [-0.2, 0) is 9.53 Å². The molecule has 1 unspecified atom stereocenters. The van der Waals surface area contributed by atoms with Gasteiger partial charge in [-0.1, -0.05) is 0 Å². The van der Waals surface area contributed by atoms with Crippen molar-refractivity contribution in [3.63, 3.8) is 0 Å². The van der Waals surface area contributed by atoms with Crippen LogP contribution in [0, 0.1) is 0 Å². The Labute approximate surface area is 106 Å². The number of carbonyl (C=O) groups excluding carboxylic acids is 2. The molecule has 0 radical (unpaired) electrons. The number of aromatic nitrogens is 2. The minimum atomic E-state index is -0.846. The van der Waals surface area contributed by atoms with Crippen LogP contribution in [0.15, 0.2) is 18.5 Å². The van der Waals surface area contributed by atoms with Crippen molar-refractivity contribution in [1.82, 2.24) is 14.9 Å². The first-order chi connectivity index (χ1) is 8.35. The summed E-state index contributed by atoms with van der Waals surface area (Å²) >= 11 is 0. The SMILES string of the molecule is CN(C(=O)OC(C)(C)C)C(C=O)c1ncccn1. The molecule has 6 nitrogen and oxygen atoms in total. The van der Waals surface area contributed by atoms with Crippen LogP contribution in [0.1, 0.15) is 32.6 Å². The van der Waals surface area contributed by atoms with Gasteiger partial charge < -0.3 is 9.53 Å². The van der Waals surface area contributed by atoms with Crippen LogP contribution in [-0.4, -0.2) is 39.9 Å². The molecule has 0 saturated carbocycles. The largest absolute Gasteiger partial charge is 0.444 e. The van der Waals surface area contributed by atoms with Crippen LogP contribution >= 0.6 is 0 Å². The van der Waals surface area contributed by atoms with E-state index in [9.17, 15) is 9.59 Å². The lowest BCUT2D eigenvalue weighted by Crippen LogP contribution is -2.37. The fourth-order valence-corrected chi connectivity index (χ4v) is 1.24. The maximum atomic E-state index is 11.8. The highest BCUT2D eigenvalue weighted by Crippen LogP contribution is 2.16. The molecule has 0 N–H and O–H groups in total. The Morgan fingerprint density at radius 3 is 2.39 bits per heavy atom. The topological polar surface area (TPSA) is 72.4 Å². The first-order valence-electron chi connectivity index (χ1n) is 5.53. The Morgan fingerprint density at radius 1 is 1.39 bits per heavy atom. The molecule has 0 saturated heterocycles. The molecule has 1 atom stereocenters. The Morgan fingerprint density at radius 2 is 1.94 bits per heavy atom. The summed E-state index contributed by atoms with van der Waals surface area (Å²) in [6.45, 7) is 5.27. The van der Waals surface area contributed by atoms with Crippen LogP contribution in [0.5, 0.6) is 0 Å². The molecule has 18 heavy (non-hydrogen) atoms. The van der Waals surface area contributed by atoms with Crippen molar-refractivity contribution in [2.45, 2.75) is 32.4 Å². The van der Waals surface area contributed by atoms with Crippen molar-refractivity contribution in [1.29, 1.82) is 0 Å². The van der Waals surface area contributed by atoms with Crippen LogP contribution < -0.4 is 0 Å². The summed E-state index contributed by atoms with van der Waals surface area (Å²) in [5.74, 6) is 0.265. The molecule has 98 valence electrons. The summed E-state index contributed by atoms with van der Waals surface area (Å²) in [5.41, 5.74) is -0.615. The van der Waals surface area contributed by atoms with Gasteiger partial charge in [0.15, 0.2) is 5.82 Å². The van der Waals surface area contributed by atoms with Crippen molar-refractivity contribution in [3.05, 3.63) is 24.3 Å². The number of likely N-dealkylation sites (N-methyl/N-ethyl adjacent to an activating group) is 1. The Kier molecular flexibility index (Phi) is 4.36. The number of carbonyl (C=O) groups is 2. The van der Waals surface area contributed by atoms with Crippen molar-refractivity contribution in [2.24, 2.45) is 0 Å². The summed E-state index contributed by atoms with van der Waals surface area (Å²) in [5, 5.41) is 0. The number of ether oxygens (including phenoxy) is 1. The van der Waals surface area contributed by atoms with Crippen molar-refractivity contribution in [2.75, 3.05) is 7.05 Å². The number of hydrogen-bond acceptors (Lipinski definition) is 5. The normalized spacial score (nSPS) is 12.7. The monoisotopic (exact) mass is 251 g/mol. The third-order valence-electron chi connectivity index (χ3n) is 2.08. The van der Waals surface area contributed by atoms with Gasteiger partial charge in [0.25, 0.3) is 0 Å². The molecule has 1 aromatic rings. The zero-order chi connectivity index (χ0) is 13.8. The smallest absolute Gasteiger partial charge is 0.411 e. The van der Waals surface area contributed by atoms with Gasteiger partial charge in [0.1, 0.15) is 17.9 Å². The lowest BCUT2D eigenvalue weighted by molar-refractivity contribution is -0.112. The quantitative estimate of drug-likeness (QED) is 0.763. The van der Waals surface area contributed by atoms with Gasteiger partial charge in [0, 0.05) is 19.4 Å². The second-order valence-corrected chi connectivity index (χ2v) is 4.78. The highest BCUT2D eigenvalue weighted by Gasteiger charge is 2.27. The molecule has 1 heterocycles. The molecule has 0 fully saturated rings. The van der Waals surface area contributed by atoms with Crippen molar-refractivity contribution < 1.29 is 14.3 Å². The molecule has 6 heteroatoms. The zero-order valence-corrected chi connectivity index (χ0v) is 11.0. The van der Waals surface area contributed by atoms with Crippen LogP contribution in [0.25, 0.3) is 0 Å². The van der Waals surface area contributed by atoms with E-state index >= 15 is 0 Å². The predicted octanol–water partition coefficient (Wildman–Crippen LogP) is 1.58. The first kappa shape index (κ1) is 14.1. The van der Waals surface area contributed by atoms with Gasteiger partial charge in [-0.15, -0.1) is 0 Å².